The molecule has 0 saturated carbocycles. The molecular formula is C9H9Cl2NO3. The first kappa shape index (κ1) is 12.2. The number of benzene rings is 1. The summed E-state index contributed by atoms with van der Waals surface area (Å²) in [4.78, 5) is 8.87. The summed E-state index contributed by atoms with van der Waals surface area (Å²) in [7, 11) is 0. The highest BCUT2D eigenvalue weighted by atomic mass is 35.5. The molecule has 0 aromatic heterocycles. The highest BCUT2D eigenvalue weighted by molar-refractivity contribution is 6.45. The van der Waals surface area contributed by atoms with Crippen molar-refractivity contribution in [1.29, 1.82) is 0 Å². The van der Waals surface area contributed by atoms with Gasteiger partial charge in [-0.3, -0.25) is 10.1 Å². The lowest BCUT2D eigenvalue weighted by molar-refractivity contribution is -0.384. The largest absolute Gasteiger partial charge is 0.383 e. The molecule has 0 radical (unpaired) electrons. The molecule has 0 aliphatic heterocycles. The minimum absolute atomic E-state index is 0.0461. The molecule has 1 atom stereocenters. The van der Waals surface area contributed by atoms with Gasteiger partial charge in [-0.15, -0.1) is 23.2 Å². The van der Waals surface area contributed by atoms with E-state index in [0.29, 0.717) is 5.56 Å². The van der Waals surface area contributed by atoms with Crippen molar-refractivity contribution in [3.8, 4) is 0 Å². The minimum atomic E-state index is -1.42. The molecule has 4 nitrogen and oxygen atoms in total. The van der Waals surface area contributed by atoms with E-state index in [1.54, 1.807) is 0 Å². The van der Waals surface area contributed by atoms with Crippen LogP contribution in [0.1, 0.15) is 12.5 Å². The Morgan fingerprint density at radius 2 is 1.87 bits per heavy atom. The van der Waals surface area contributed by atoms with Crippen LogP contribution in [0.15, 0.2) is 24.3 Å². The van der Waals surface area contributed by atoms with Crippen molar-refractivity contribution < 1.29 is 10.0 Å². The summed E-state index contributed by atoms with van der Waals surface area (Å²) in [6.45, 7) is 1.44. The second kappa shape index (κ2) is 4.35. The summed E-state index contributed by atoms with van der Waals surface area (Å²) in [6.07, 6.45) is 0. The van der Waals surface area contributed by atoms with Crippen molar-refractivity contribution in [1.82, 2.24) is 0 Å². The number of nitrogens with zero attached hydrogens (tertiary/aromatic N) is 1. The summed E-state index contributed by atoms with van der Waals surface area (Å²) in [5, 5.41) is 20.2. The second-order valence-electron chi connectivity index (χ2n) is 3.25. The number of alkyl halides is 2. The lowest BCUT2D eigenvalue weighted by atomic mass is 9.98. The van der Waals surface area contributed by atoms with Gasteiger partial charge >= 0.3 is 0 Å². The first-order valence-electron chi connectivity index (χ1n) is 4.11. The number of hydrogen-bond donors (Lipinski definition) is 1. The second-order valence-corrected chi connectivity index (χ2v) is 4.35. The molecule has 0 amide bonds. The molecule has 0 spiro atoms. The van der Waals surface area contributed by atoms with E-state index in [-0.39, 0.29) is 5.69 Å². The Morgan fingerprint density at radius 1 is 1.40 bits per heavy atom. The van der Waals surface area contributed by atoms with Crippen LogP contribution in [0.3, 0.4) is 0 Å². The van der Waals surface area contributed by atoms with Crippen LogP contribution in [-0.2, 0) is 5.60 Å². The third-order valence-electron chi connectivity index (χ3n) is 2.09. The molecular weight excluding hydrogens is 241 g/mol. The molecule has 1 aromatic carbocycles. The van der Waals surface area contributed by atoms with Crippen molar-refractivity contribution in [2.75, 3.05) is 0 Å². The average Bonchev–Trinajstić information content (AvgIpc) is 2.17. The Kier molecular flexibility index (Phi) is 3.54. The average molecular weight is 250 g/mol. The number of nitro groups is 1. The topological polar surface area (TPSA) is 63.4 Å². The Bertz CT molecular complexity index is 362. The maximum atomic E-state index is 10.4. The number of halogens is 2. The zero-order chi connectivity index (χ0) is 11.6. The summed E-state index contributed by atoms with van der Waals surface area (Å²) in [5.41, 5.74) is -1.03. The quantitative estimate of drug-likeness (QED) is 0.509. The van der Waals surface area contributed by atoms with Gasteiger partial charge in [0.15, 0.2) is 0 Å². The molecule has 0 saturated heterocycles. The lowest BCUT2D eigenvalue weighted by Gasteiger charge is -2.24. The number of hydrogen-bond acceptors (Lipinski definition) is 3. The van der Waals surface area contributed by atoms with Gasteiger partial charge < -0.3 is 5.11 Å². The van der Waals surface area contributed by atoms with Crippen LogP contribution in [0.5, 0.6) is 0 Å². The zero-order valence-corrected chi connectivity index (χ0v) is 9.37. The standard InChI is InChI=1S/C9H9Cl2NO3/c1-9(13,8(10)11)6-2-4-7(5-3-6)12(14)15/h2-5,8,13H,1H3. The number of rotatable bonds is 3. The van der Waals surface area contributed by atoms with Crippen LogP contribution in [0, 0.1) is 10.1 Å². The highest BCUT2D eigenvalue weighted by Gasteiger charge is 2.31. The molecule has 0 aliphatic carbocycles. The highest BCUT2D eigenvalue weighted by Crippen LogP contribution is 2.31. The summed E-state index contributed by atoms with van der Waals surface area (Å²) < 4.78 is 0. The van der Waals surface area contributed by atoms with Gasteiger partial charge in [0.05, 0.1) is 4.92 Å². The third-order valence-corrected chi connectivity index (χ3v) is 2.94. The van der Waals surface area contributed by atoms with E-state index in [9.17, 15) is 15.2 Å². The van der Waals surface area contributed by atoms with E-state index in [4.69, 9.17) is 23.2 Å². The van der Waals surface area contributed by atoms with Gasteiger partial charge in [-0.05, 0) is 24.6 Å². The van der Waals surface area contributed by atoms with Crippen molar-refractivity contribution in [3.63, 3.8) is 0 Å². The number of aliphatic hydroxyl groups is 1. The number of non-ortho nitro benzene ring substituents is 1. The molecule has 0 heterocycles. The molecule has 0 aliphatic rings. The smallest absolute Gasteiger partial charge is 0.269 e. The summed E-state index contributed by atoms with van der Waals surface area (Å²) >= 11 is 11.2. The fourth-order valence-corrected chi connectivity index (χ4v) is 1.30. The molecule has 1 rings (SSSR count). The van der Waals surface area contributed by atoms with Crippen molar-refractivity contribution in [2.24, 2.45) is 0 Å². The number of nitro benzene ring substituents is 1. The molecule has 0 bridgehead atoms. The molecule has 1 aromatic rings. The van der Waals surface area contributed by atoms with Crippen molar-refractivity contribution in [2.45, 2.75) is 17.4 Å². The molecule has 82 valence electrons. The van der Waals surface area contributed by atoms with Gasteiger partial charge in [0.25, 0.3) is 5.69 Å². The van der Waals surface area contributed by atoms with Gasteiger partial charge in [0, 0.05) is 12.1 Å². The summed E-state index contributed by atoms with van der Waals surface area (Å²) in [6, 6.07) is 5.44. The minimum Gasteiger partial charge on any atom is -0.383 e. The van der Waals surface area contributed by atoms with E-state index < -0.39 is 15.4 Å². The van der Waals surface area contributed by atoms with E-state index >= 15 is 0 Å². The van der Waals surface area contributed by atoms with E-state index in [0.717, 1.165) is 0 Å². The fraction of sp³-hybridized carbons (Fsp3) is 0.333. The maximum absolute atomic E-state index is 10.4. The van der Waals surface area contributed by atoms with Crippen molar-refractivity contribution in [3.05, 3.63) is 39.9 Å². The molecule has 0 fully saturated rings. The Balaban J connectivity index is 3.04. The van der Waals surface area contributed by atoms with Gasteiger partial charge in [0.2, 0.25) is 0 Å². The van der Waals surface area contributed by atoms with Crippen molar-refractivity contribution >= 4 is 28.9 Å². The predicted octanol–water partition coefficient (Wildman–Crippen LogP) is 2.61. The first-order valence-corrected chi connectivity index (χ1v) is 4.98. The lowest BCUT2D eigenvalue weighted by Crippen LogP contribution is -2.28. The zero-order valence-electron chi connectivity index (χ0n) is 7.85. The van der Waals surface area contributed by atoms with Gasteiger partial charge in [-0.2, -0.15) is 0 Å². The van der Waals surface area contributed by atoms with Gasteiger partial charge in [-0.1, -0.05) is 0 Å². The van der Waals surface area contributed by atoms with Gasteiger partial charge in [0.1, 0.15) is 10.4 Å². The maximum Gasteiger partial charge on any atom is 0.269 e. The molecule has 1 N–H and O–H groups in total. The molecule has 15 heavy (non-hydrogen) atoms. The molecule has 6 heteroatoms. The van der Waals surface area contributed by atoms with Crippen LogP contribution in [0.25, 0.3) is 0 Å². The monoisotopic (exact) mass is 249 g/mol. The van der Waals surface area contributed by atoms with Crippen LogP contribution in [-0.4, -0.2) is 14.9 Å². The Labute approximate surface area is 96.6 Å². The Morgan fingerprint density at radius 3 is 2.20 bits per heavy atom. The third kappa shape index (κ3) is 2.59. The van der Waals surface area contributed by atoms with E-state index in [1.807, 2.05) is 0 Å². The van der Waals surface area contributed by atoms with E-state index in [2.05, 4.69) is 0 Å². The van der Waals surface area contributed by atoms with Crippen LogP contribution < -0.4 is 0 Å². The fourth-order valence-electron chi connectivity index (χ4n) is 1.05. The van der Waals surface area contributed by atoms with Crippen LogP contribution >= 0.6 is 23.2 Å². The van der Waals surface area contributed by atoms with Crippen LogP contribution in [0.4, 0.5) is 5.69 Å². The first-order chi connectivity index (χ1) is 6.85. The van der Waals surface area contributed by atoms with E-state index in [1.165, 1.54) is 31.2 Å². The normalized spacial score (nSPS) is 15.0. The van der Waals surface area contributed by atoms with Gasteiger partial charge in [-0.25, -0.2) is 0 Å². The summed E-state index contributed by atoms with van der Waals surface area (Å²) in [5.74, 6) is 0. The Hall–Kier alpha value is -0.840. The van der Waals surface area contributed by atoms with Crippen LogP contribution in [0.2, 0.25) is 0 Å². The SMILES string of the molecule is CC(O)(c1ccc([N+](=O)[O-])cc1)C(Cl)Cl. The predicted molar refractivity (Wildman–Crippen MR) is 58.2 cm³/mol. The molecule has 1 unspecified atom stereocenters.